The molecule has 0 bridgehead atoms. The van der Waals surface area contributed by atoms with Crippen molar-refractivity contribution in [3.63, 3.8) is 0 Å². The first-order chi connectivity index (χ1) is 13.3. The molecule has 28 heavy (non-hydrogen) atoms. The van der Waals surface area contributed by atoms with Crippen molar-refractivity contribution in [2.24, 2.45) is 5.92 Å². The van der Waals surface area contributed by atoms with Gasteiger partial charge in [0.2, 0.25) is 0 Å². The first-order valence-electron chi connectivity index (χ1n) is 9.31. The average molecular weight is 461 g/mol. The van der Waals surface area contributed by atoms with Gasteiger partial charge in [-0.15, -0.1) is 0 Å². The molecule has 0 aromatic carbocycles. The number of aromatic nitrogens is 2. The molecule has 1 aromatic rings. The molecule has 1 aromatic heterocycles. The van der Waals surface area contributed by atoms with Crippen LogP contribution in [-0.2, 0) is 24.1 Å². The van der Waals surface area contributed by atoms with Gasteiger partial charge in [-0.1, -0.05) is 0 Å². The number of hydrogen-bond donors (Lipinski definition) is 3. The van der Waals surface area contributed by atoms with E-state index in [4.69, 9.17) is 11.1 Å². The van der Waals surface area contributed by atoms with Crippen LogP contribution in [-0.4, -0.2) is 25.9 Å². The second-order valence-electron chi connectivity index (χ2n) is 7.42. The Kier molecular flexibility index (Phi) is 6.13. The van der Waals surface area contributed by atoms with Crippen molar-refractivity contribution < 1.29 is 24.1 Å². The van der Waals surface area contributed by atoms with Gasteiger partial charge in [0, 0.05) is 0 Å². The van der Waals surface area contributed by atoms with E-state index in [1.54, 1.807) is 6.07 Å². The number of carbonyl (C=O) groups excluding carboxylic acids is 1. The predicted octanol–water partition coefficient (Wildman–Crippen LogP) is 2.94. The normalized spacial score (nSPS) is 23.9. The molecule has 1 spiro atoms. The number of nitrogens with two attached hydrogens (primary N) is 1. The monoisotopic (exact) mass is 463 g/mol. The summed E-state index contributed by atoms with van der Waals surface area (Å²) >= 11 is 1.83. The fourth-order valence-corrected chi connectivity index (χ4v) is 3.76. The van der Waals surface area contributed by atoms with Gasteiger partial charge in [-0.05, 0) is 0 Å². The zero-order valence-electron chi connectivity index (χ0n) is 16.3. The summed E-state index contributed by atoms with van der Waals surface area (Å²) in [5.41, 5.74) is 8.55. The minimum absolute atomic E-state index is 0.127. The van der Waals surface area contributed by atoms with E-state index in [0.717, 1.165) is 30.5 Å². The Morgan fingerprint density at radius 1 is 1.46 bits per heavy atom. The number of nitrogens with one attached hydrogen (secondary N) is 2. The molecule has 1 saturated heterocycles. The summed E-state index contributed by atoms with van der Waals surface area (Å²) in [6.07, 6.45) is 8.39. The van der Waals surface area contributed by atoms with E-state index < -0.39 is 5.66 Å². The minimum atomic E-state index is -0.593. The van der Waals surface area contributed by atoms with Crippen LogP contribution in [0, 0.1) is 5.92 Å². The molecule has 0 saturated carbocycles. The number of anilines is 2. The summed E-state index contributed by atoms with van der Waals surface area (Å²) in [6, 6.07) is 1.66. The maximum atomic E-state index is 12.7. The SMILES string of the molecule is CC(/C=C(\[CH]=[Mo])Nc1cc(N)ncn1)=C1/[N-]C2(C=C(C(C)C)CCC2)NC1=O. The first kappa shape index (κ1) is 20.5. The van der Waals surface area contributed by atoms with Crippen molar-refractivity contribution >= 4 is 21.9 Å². The van der Waals surface area contributed by atoms with Gasteiger partial charge in [0.05, 0.1) is 0 Å². The van der Waals surface area contributed by atoms with Gasteiger partial charge >= 0.3 is 176 Å². The van der Waals surface area contributed by atoms with Crippen LogP contribution in [0.3, 0.4) is 0 Å². The zero-order chi connectivity index (χ0) is 20.3. The standard InChI is InChI=1S/C20H25N6O.Mo/c1-12(2)15-6-5-7-20(10-15)25-18(19(27)26-20)13(3)8-14(4)24-17-9-16(21)22-11-23-17;/h4,8-12H,5-7H2,1-3H3,(H4,21,22,23,24,26,27);/q-1;. The quantitative estimate of drug-likeness (QED) is 0.355. The number of nitrogens with zero attached hydrogens (tertiary/aromatic N) is 3. The van der Waals surface area contributed by atoms with Crippen molar-refractivity contribution in [3.8, 4) is 0 Å². The van der Waals surface area contributed by atoms with Crippen LogP contribution in [0.1, 0.15) is 40.0 Å². The number of amides is 1. The third kappa shape index (κ3) is 4.58. The van der Waals surface area contributed by atoms with Crippen molar-refractivity contribution in [3.05, 3.63) is 52.4 Å². The summed E-state index contributed by atoms with van der Waals surface area (Å²) in [7, 11) is 0. The van der Waals surface area contributed by atoms with Crippen LogP contribution in [0.5, 0.6) is 0 Å². The second-order valence-corrected chi connectivity index (χ2v) is 8.00. The Balaban J connectivity index is 1.85. The molecule has 1 unspecified atom stereocenters. The van der Waals surface area contributed by atoms with Gasteiger partial charge in [-0.2, -0.15) is 0 Å². The van der Waals surface area contributed by atoms with Crippen molar-refractivity contribution in [1.82, 2.24) is 15.3 Å². The van der Waals surface area contributed by atoms with Gasteiger partial charge < -0.3 is 0 Å². The van der Waals surface area contributed by atoms with Gasteiger partial charge in [0.1, 0.15) is 0 Å². The van der Waals surface area contributed by atoms with Crippen LogP contribution in [0.4, 0.5) is 11.6 Å². The van der Waals surface area contributed by atoms with E-state index in [0.29, 0.717) is 23.3 Å². The van der Waals surface area contributed by atoms with Gasteiger partial charge in [-0.25, -0.2) is 0 Å². The van der Waals surface area contributed by atoms with Crippen molar-refractivity contribution in [2.75, 3.05) is 11.1 Å². The van der Waals surface area contributed by atoms with Crippen molar-refractivity contribution in [1.29, 1.82) is 0 Å². The van der Waals surface area contributed by atoms with Crippen LogP contribution in [0.2, 0.25) is 0 Å². The van der Waals surface area contributed by atoms with E-state index >= 15 is 0 Å². The fourth-order valence-electron chi connectivity index (χ4n) is 3.45. The van der Waals surface area contributed by atoms with Crippen LogP contribution in [0.25, 0.3) is 5.32 Å². The van der Waals surface area contributed by atoms with Crippen LogP contribution >= 0.6 is 0 Å². The number of hydrogen-bond acceptors (Lipinski definition) is 5. The zero-order valence-corrected chi connectivity index (χ0v) is 18.3. The number of carbonyl (C=O) groups is 1. The van der Waals surface area contributed by atoms with E-state index in [1.165, 1.54) is 11.9 Å². The first-order valence-corrected chi connectivity index (χ1v) is 10.5. The Morgan fingerprint density at radius 2 is 2.25 bits per heavy atom. The Hall–Kier alpha value is -2.27. The summed E-state index contributed by atoms with van der Waals surface area (Å²) in [4.78, 5) is 20.7. The number of rotatable bonds is 5. The topological polar surface area (TPSA) is 107 Å². The van der Waals surface area contributed by atoms with E-state index in [2.05, 4.69) is 40.5 Å². The number of nitrogen functional groups attached to an aromatic ring is 1. The molecule has 148 valence electrons. The van der Waals surface area contributed by atoms with E-state index in [-0.39, 0.29) is 5.91 Å². The Bertz CT molecular complexity index is 888. The van der Waals surface area contributed by atoms with E-state index in [1.807, 2.05) is 36.8 Å². The molecule has 1 fully saturated rings. The molecule has 1 atom stereocenters. The molecule has 7 nitrogen and oxygen atoms in total. The van der Waals surface area contributed by atoms with Gasteiger partial charge in [0.15, 0.2) is 0 Å². The fraction of sp³-hybridized carbons (Fsp3) is 0.400. The predicted molar refractivity (Wildman–Crippen MR) is 108 cm³/mol. The maximum absolute atomic E-state index is 12.7. The number of allylic oxidation sites excluding steroid dienone is 4. The third-order valence-electron chi connectivity index (χ3n) is 4.88. The summed E-state index contributed by atoms with van der Waals surface area (Å²) in [5.74, 6) is 1.32. The molecule has 1 amide bonds. The molecular formula is C20H25MoN6O-. The molecule has 1 aliphatic carbocycles. The summed E-state index contributed by atoms with van der Waals surface area (Å²) < 4.78 is 1.92. The molecule has 1 aliphatic heterocycles. The van der Waals surface area contributed by atoms with Gasteiger partial charge in [-0.3, -0.25) is 0 Å². The summed E-state index contributed by atoms with van der Waals surface area (Å²) in [6.45, 7) is 6.26. The van der Waals surface area contributed by atoms with Gasteiger partial charge in [0.25, 0.3) is 0 Å². The van der Waals surface area contributed by atoms with Crippen LogP contribution < -0.4 is 16.4 Å². The Morgan fingerprint density at radius 3 is 2.93 bits per heavy atom. The molecule has 2 aliphatic rings. The van der Waals surface area contributed by atoms with E-state index in [9.17, 15) is 4.79 Å². The molecular weight excluding hydrogens is 436 g/mol. The summed E-state index contributed by atoms with van der Waals surface area (Å²) in [5, 5.41) is 11.1. The average Bonchev–Trinajstić information content (AvgIpc) is 2.96. The second kappa shape index (κ2) is 8.39. The Labute approximate surface area is 176 Å². The third-order valence-corrected chi connectivity index (χ3v) is 5.50. The van der Waals surface area contributed by atoms with Crippen molar-refractivity contribution in [2.45, 2.75) is 45.7 Å². The molecule has 8 heteroatoms. The van der Waals surface area contributed by atoms with Crippen LogP contribution in [0.15, 0.2) is 47.1 Å². The molecule has 0 radical (unpaired) electrons. The molecule has 4 N–H and O–H groups in total. The molecule has 2 heterocycles. The molecule has 3 rings (SSSR count).